The van der Waals surface area contributed by atoms with Crippen LogP contribution in [0.15, 0.2) is 42.7 Å². The summed E-state index contributed by atoms with van der Waals surface area (Å²) in [5.41, 5.74) is 1.10. The monoisotopic (exact) mass is 379 g/mol. The van der Waals surface area contributed by atoms with Gasteiger partial charge >= 0.3 is 0 Å². The Bertz CT molecular complexity index is 1110. The van der Waals surface area contributed by atoms with Gasteiger partial charge in [0.05, 0.1) is 5.39 Å². The van der Waals surface area contributed by atoms with Gasteiger partial charge in [0.1, 0.15) is 23.9 Å². The van der Waals surface area contributed by atoms with Gasteiger partial charge in [-0.3, -0.25) is 0 Å². The summed E-state index contributed by atoms with van der Waals surface area (Å²) in [6.07, 6.45) is 3.56. The van der Waals surface area contributed by atoms with Crippen LogP contribution in [0, 0.1) is 6.92 Å². The average molecular weight is 379 g/mol. The third kappa shape index (κ3) is 3.08. The Morgan fingerprint density at radius 2 is 2.04 bits per heavy atom. The summed E-state index contributed by atoms with van der Waals surface area (Å²) in [7, 11) is 0. The molecule has 5 rings (SSSR count). The Kier molecular flexibility index (Phi) is 3.90. The number of hydrogen-bond donors (Lipinski definition) is 1. The van der Waals surface area contributed by atoms with Crippen LogP contribution in [0.1, 0.15) is 10.4 Å². The van der Waals surface area contributed by atoms with Crippen molar-refractivity contribution in [1.29, 1.82) is 0 Å². The van der Waals surface area contributed by atoms with Crippen LogP contribution >= 0.6 is 11.3 Å². The molecular formula is C19H17N5O2S. The Morgan fingerprint density at radius 1 is 1.15 bits per heavy atom. The van der Waals surface area contributed by atoms with Crippen molar-refractivity contribution in [2.24, 2.45) is 0 Å². The molecule has 0 fully saturated rings. The van der Waals surface area contributed by atoms with E-state index in [1.807, 2.05) is 30.5 Å². The van der Waals surface area contributed by atoms with Crippen molar-refractivity contribution in [3.8, 4) is 17.4 Å². The minimum Gasteiger partial charge on any atom is -0.486 e. The molecule has 0 amide bonds. The van der Waals surface area contributed by atoms with E-state index in [0.29, 0.717) is 25.7 Å². The molecule has 4 aromatic rings. The molecule has 136 valence electrons. The molecule has 0 radical (unpaired) electrons. The molecule has 1 N–H and O–H groups in total. The van der Waals surface area contributed by atoms with Crippen LogP contribution in [0.25, 0.3) is 16.2 Å². The number of fused-ring (bicyclic) bond motifs is 2. The largest absolute Gasteiger partial charge is 0.486 e. The molecule has 0 aliphatic carbocycles. The van der Waals surface area contributed by atoms with Crippen molar-refractivity contribution in [3.63, 3.8) is 0 Å². The summed E-state index contributed by atoms with van der Waals surface area (Å²) >= 11 is 1.65. The van der Waals surface area contributed by atoms with Gasteiger partial charge in [0.2, 0.25) is 0 Å². The van der Waals surface area contributed by atoms with Crippen molar-refractivity contribution in [1.82, 2.24) is 19.7 Å². The van der Waals surface area contributed by atoms with Crippen LogP contribution in [0.3, 0.4) is 0 Å². The fourth-order valence-corrected chi connectivity index (χ4v) is 3.91. The molecule has 27 heavy (non-hydrogen) atoms. The first-order chi connectivity index (χ1) is 13.3. The van der Waals surface area contributed by atoms with Gasteiger partial charge in [0.25, 0.3) is 5.95 Å². The number of thiophene rings is 1. The van der Waals surface area contributed by atoms with Crippen molar-refractivity contribution < 1.29 is 9.47 Å². The topological polar surface area (TPSA) is 74.1 Å². The smallest absolute Gasteiger partial charge is 0.253 e. The van der Waals surface area contributed by atoms with Gasteiger partial charge in [0.15, 0.2) is 11.5 Å². The highest BCUT2D eigenvalue weighted by Gasteiger charge is 2.14. The minimum absolute atomic E-state index is 0.555. The Hall–Kier alpha value is -3.13. The zero-order valence-corrected chi connectivity index (χ0v) is 15.5. The van der Waals surface area contributed by atoms with E-state index < -0.39 is 0 Å². The lowest BCUT2D eigenvalue weighted by Gasteiger charge is -2.19. The second-order valence-corrected chi connectivity index (χ2v) is 7.47. The van der Waals surface area contributed by atoms with Crippen LogP contribution in [-0.2, 0) is 6.54 Å². The predicted octanol–water partition coefficient (Wildman–Crippen LogP) is 3.57. The first kappa shape index (κ1) is 16.1. The fraction of sp³-hybridized carbons (Fsp3) is 0.211. The summed E-state index contributed by atoms with van der Waals surface area (Å²) in [6.45, 7) is 3.87. The molecule has 0 spiro atoms. The SMILES string of the molecule is Cc1cc2c(NCc3ccc4c(c3)OCCO4)nc(-n3cccn3)nc2s1. The van der Waals surface area contributed by atoms with E-state index in [-0.39, 0.29) is 0 Å². The number of nitrogens with one attached hydrogen (secondary N) is 1. The predicted molar refractivity (Wildman–Crippen MR) is 104 cm³/mol. The highest BCUT2D eigenvalue weighted by Crippen LogP contribution is 2.32. The first-order valence-electron chi connectivity index (χ1n) is 8.67. The Morgan fingerprint density at radius 3 is 2.89 bits per heavy atom. The molecule has 1 aliphatic rings. The van der Waals surface area contributed by atoms with E-state index in [1.165, 1.54) is 4.88 Å². The number of benzene rings is 1. The molecule has 1 aliphatic heterocycles. The van der Waals surface area contributed by atoms with Crippen LogP contribution in [0.5, 0.6) is 11.5 Å². The molecule has 0 unspecified atom stereocenters. The molecule has 7 nitrogen and oxygen atoms in total. The normalized spacial score (nSPS) is 13.1. The maximum atomic E-state index is 5.67. The number of hydrogen-bond acceptors (Lipinski definition) is 7. The minimum atomic E-state index is 0.555. The van der Waals surface area contributed by atoms with Crippen molar-refractivity contribution >= 4 is 27.4 Å². The van der Waals surface area contributed by atoms with E-state index in [0.717, 1.165) is 33.1 Å². The lowest BCUT2D eigenvalue weighted by atomic mass is 10.2. The number of aryl methyl sites for hydroxylation is 1. The van der Waals surface area contributed by atoms with Crippen molar-refractivity contribution in [2.75, 3.05) is 18.5 Å². The van der Waals surface area contributed by atoms with Gasteiger partial charge in [-0.25, -0.2) is 4.68 Å². The maximum absolute atomic E-state index is 5.67. The number of anilines is 1. The van der Waals surface area contributed by atoms with E-state index in [4.69, 9.17) is 9.47 Å². The second kappa shape index (κ2) is 6.55. The number of aromatic nitrogens is 4. The van der Waals surface area contributed by atoms with E-state index in [9.17, 15) is 0 Å². The maximum Gasteiger partial charge on any atom is 0.253 e. The number of nitrogens with zero attached hydrogens (tertiary/aromatic N) is 4. The Balaban J connectivity index is 1.47. The average Bonchev–Trinajstić information content (AvgIpc) is 3.34. The number of rotatable bonds is 4. The van der Waals surface area contributed by atoms with Crippen LogP contribution in [0.2, 0.25) is 0 Å². The molecule has 0 bridgehead atoms. The van der Waals surface area contributed by atoms with Gasteiger partial charge in [-0.1, -0.05) is 6.07 Å². The quantitative estimate of drug-likeness (QED) is 0.584. The highest BCUT2D eigenvalue weighted by molar-refractivity contribution is 7.18. The summed E-state index contributed by atoms with van der Waals surface area (Å²) < 4.78 is 12.9. The van der Waals surface area contributed by atoms with Gasteiger partial charge in [0, 0.05) is 23.8 Å². The zero-order chi connectivity index (χ0) is 18.2. The summed E-state index contributed by atoms with van der Waals surface area (Å²) in [4.78, 5) is 11.5. The summed E-state index contributed by atoms with van der Waals surface area (Å²) in [5.74, 6) is 2.93. The van der Waals surface area contributed by atoms with Crippen molar-refractivity contribution in [3.05, 3.63) is 53.2 Å². The van der Waals surface area contributed by atoms with Gasteiger partial charge in [-0.05, 0) is 36.8 Å². The standard InChI is InChI=1S/C19H17N5O2S/c1-12-9-14-17(22-19(23-18(14)27-12)24-6-2-5-21-24)20-11-13-3-4-15-16(10-13)26-8-7-25-15/h2-6,9-10H,7-8,11H2,1H3,(H,20,22,23). The first-order valence-corrected chi connectivity index (χ1v) is 9.48. The van der Waals surface area contributed by atoms with E-state index in [2.05, 4.69) is 33.4 Å². The van der Waals surface area contributed by atoms with Gasteiger partial charge < -0.3 is 14.8 Å². The Labute approximate surface area is 159 Å². The van der Waals surface area contributed by atoms with E-state index in [1.54, 1.807) is 22.2 Å². The van der Waals surface area contributed by atoms with Crippen LogP contribution in [-0.4, -0.2) is 33.0 Å². The molecular weight excluding hydrogens is 362 g/mol. The third-order valence-electron chi connectivity index (χ3n) is 4.28. The van der Waals surface area contributed by atoms with Crippen LogP contribution < -0.4 is 14.8 Å². The molecule has 0 atom stereocenters. The lowest BCUT2D eigenvalue weighted by Crippen LogP contribution is -2.15. The lowest BCUT2D eigenvalue weighted by molar-refractivity contribution is 0.171. The zero-order valence-electron chi connectivity index (χ0n) is 14.7. The molecule has 4 heterocycles. The van der Waals surface area contributed by atoms with Crippen LogP contribution in [0.4, 0.5) is 5.82 Å². The van der Waals surface area contributed by atoms with Gasteiger partial charge in [-0.2, -0.15) is 15.1 Å². The fourth-order valence-electron chi connectivity index (χ4n) is 3.04. The van der Waals surface area contributed by atoms with Gasteiger partial charge in [-0.15, -0.1) is 11.3 Å². The third-order valence-corrected chi connectivity index (χ3v) is 5.22. The molecule has 1 aromatic carbocycles. The summed E-state index contributed by atoms with van der Waals surface area (Å²) in [6, 6.07) is 9.96. The molecule has 0 saturated heterocycles. The highest BCUT2D eigenvalue weighted by atomic mass is 32.1. The molecule has 8 heteroatoms. The second-order valence-electron chi connectivity index (χ2n) is 6.23. The molecule has 0 saturated carbocycles. The number of ether oxygens (including phenoxy) is 2. The van der Waals surface area contributed by atoms with Crippen molar-refractivity contribution in [2.45, 2.75) is 13.5 Å². The van der Waals surface area contributed by atoms with E-state index >= 15 is 0 Å². The summed E-state index contributed by atoms with van der Waals surface area (Å²) in [5, 5.41) is 8.71. The molecule has 3 aromatic heterocycles.